The van der Waals surface area contributed by atoms with Gasteiger partial charge in [0.25, 0.3) is 5.69 Å². The lowest BCUT2D eigenvalue weighted by Crippen LogP contribution is -2.44. The molecule has 2 N–H and O–H groups in total. The van der Waals surface area contributed by atoms with Crippen molar-refractivity contribution >= 4 is 40.4 Å². The quantitative estimate of drug-likeness (QED) is 0.463. The van der Waals surface area contributed by atoms with Crippen LogP contribution in [0.3, 0.4) is 0 Å². The smallest absolute Gasteiger partial charge is 0.270 e. The van der Waals surface area contributed by atoms with Crippen LogP contribution in [0, 0.1) is 10.1 Å². The molecule has 0 amide bonds. The number of carbonyl (C=O) groups excluding carboxylic acids is 1. The van der Waals surface area contributed by atoms with Gasteiger partial charge in [-0.05, 0) is 44.3 Å². The van der Waals surface area contributed by atoms with Gasteiger partial charge >= 0.3 is 0 Å². The second kappa shape index (κ2) is 6.89. The highest BCUT2D eigenvalue weighted by atomic mass is 35.5. The van der Waals surface area contributed by atoms with E-state index in [2.05, 4.69) is 10.6 Å². The van der Waals surface area contributed by atoms with E-state index in [1.165, 1.54) is 25.1 Å². The topological polar surface area (TPSA) is 97.4 Å². The number of nitro groups is 1. The summed E-state index contributed by atoms with van der Waals surface area (Å²) in [5, 5.41) is 17.6. The molecule has 1 atom stereocenters. The fourth-order valence-corrected chi connectivity index (χ4v) is 3.32. The Morgan fingerprint density at radius 2 is 2.08 bits per heavy atom. The molecule has 9 heteroatoms. The number of Topliss-reactive ketones (excluding diaryl/α,β-unsaturated/α-hetero) is 1. The van der Waals surface area contributed by atoms with Crippen molar-refractivity contribution in [2.24, 2.45) is 0 Å². The number of hydrogen-bond donors (Lipinski definition) is 2. The van der Waals surface area contributed by atoms with Gasteiger partial charge in [-0.2, -0.15) is 0 Å². The highest BCUT2D eigenvalue weighted by molar-refractivity contribution is 7.80. The molecule has 0 saturated heterocycles. The summed E-state index contributed by atoms with van der Waals surface area (Å²) in [5.74, 6) is 0.692. The van der Waals surface area contributed by atoms with Crippen LogP contribution in [0.5, 0.6) is 0 Å². The van der Waals surface area contributed by atoms with Gasteiger partial charge in [0.1, 0.15) is 17.6 Å². The summed E-state index contributed by atoms with van der Waals surface area (Å²) in [5.41, 5.74) is 1.46. The third-order valence-electron chi connectivity index (χ3n) is 3.99. The molecule has 0 saturated carbocycles. The number of benzene rings is 1. The van der Waals surface area contributed by atoms with E-state index in [9.17, 15) is 14.9 Å². The number of nitrogens with zero attached hydrogens (tertiary/aromatic N) is 1. The molecular weight excluding hydrogens is 378 g/mol. The molecule has 0 unspecified atom stereocenters. The highest BCUT2D eigenvalue weighted by Gasteiger charge is 2.30. The van der Waals surface area contributed by atoms with E-state index >= 15 is 0 Å². The molecule has 1 aromatic heterocycles. The van der Waals surface area contributed by atoms with Crippen molar-refractivity contribution in [1.29, 1.82) is 0 Å². The van der Waals surface area contributed by atoms with Gasteiger partial charge in [-0.1, -0.05) is 11.6 Å². The third-order valence-corrected chi connectivity index (χ3v) is 4.54. The van der Waals surface area contributed by atoms with Gasteiger partial charge in [0, 0.05) is 29.0 Å². The number of non-ortho nitro benzene ring substituents is 1. The van der Waals surface area contributed by atoms with Gasteiger partial charge < -0.3 is 15.1 Å². The Balaban J connectivity index is 2.04. The van der Waals surface area contributed by atoms with Crippen LogP contribution in [-0.2, 0) is 4.79 Å². The summed E-state index contributed by atoms with van der Waals surface area (Å²) in [6.07, 6.45) is 0. The van der Waals surface area contributed by atoms with Crippen LogP contribution in [0.1, 0.15) is 25.6 Å². The number of thiocarbonyl (C=S) groups is 1. The molecule has 1 aliphatic heterocycles. The van der Waals surface area contributed by atoms with E-state index in [4.69, 9.17) is 28.2 Å². The molecule has 7 nitrogen and oxygen atoms in total. The maximum Gasteiger partial charge on any atom is 0.270 e. The van der Waals surface area contributed by atoms with Crippen LogP contribution in [0.2, 0.25) is 5.02 Å². The van der Waals surface area contributed by atoms with Crippen molar-refractivity contribution in [3.05, 3.63) is 62.5 Å². The van der Waals surface area contributed by atoms with Crippen LogP contribution >= 0.6 is 23.8 Å². The predicted molar refractivity (Wildman–Crippen MR) is 101 cm³/mol. The van der Waals surface area contributed by atoms with Gasteiger partial charge in [0.15, 0.2) is 10.9 Å². The van der Waals surface area contributed by atoms with Crippen molar-refractivity contribution in [3.63, 3.8) is 0 Å². The molecule has 1 aliphatic rings. The first kappa shape index (κ1) is 18.1. The molecule has 134 valence electrons. The van der Waals surface area contributed by atoms with E-state index in [0.29, 0.717) is 38.5 Å². The van der Waals surface area contributed by atoms with Crippen LogP contribution in [0.4, 0.5) is 5.69 Å². The Labute approximate surface area is 159 Å². The van der Waals surface area contributed by atoms with Gasteiger partial charge in [-0.15, -0.1) is 0 Å². The zero-order valence-corrected chi connectivity index (χ0v) is 15.4. The number of hydrogen-bond acceptors (Lipinski definition) is 5. The van der Waals surface area contributed by atoms with E-state index in [1.54, 1.807) is 19.1 Å². The number of carbonyl (C=O) groups is 1. The molecule has 2 heterocycles. The summed E-state index contributed by atoms with van der Waals surface area (Å²) in [6, 6.07) is 6.90. The fourth-order valence-electron chi connectivity index (χ4n) is 2.84. The molecule has 1 aromatic carbocycles. The summed E-state index contributed by atoms with van der Waals surface area (Å²) in [4.78, 5) is 22.5. The average Bonchev–Trinajstić information content (AvgIpc) is 3.03. The van der Waals surface area contributed by atoms with Crippen LogP contribution < -0.4 is 10.6 Å². The number of halogens is 1. The Morgan fingerprint density at radius 1 is 1.35 bits per heavy atom. The minimum atomic E-state index is -0.549. The number of ketones is 1. The molecule has 0 aliphatic carbocycles. The molecule has 3 rings (SSSR count). The molecule has 0 spiro atoms. The first-order valence-corrected chi connectivity index (χ1v) is 8.40. The maximum atomic E-state index is 12.0. The number of rotatable bonds is 4. The zero-order chi connectivity index (χ0) is 19.0. The van der Waals surface area contributed by atoms with E-state index in [-0.39, 0.29) is 11.5 Å². The third kappa shape index (κ3) is 3.33. The van der Waals surface area contributed by atoms with Crippen molar-refractivity contribution in [2.45, 2.75) is 19.9 Å². The van der Waals surface area contributed by atoms with Crippen LogP contribution in [0.25, 0.3) is 11.3 Å². The monoisotopic (exact) mass is 391 g/mol. The second-order valence-electron chi connectivity index (χ2n) is 5.75. The lowest BCUT2D eigenvalue weighted by Gasteiger charge is -2.28. The van der Waals surface area contributed by atoms with Crippen molar-refractivity contribution in [1.82, 2.24) is 10.6 Å². The van der Waals surface area contributed by atoms with Gasteiger partial charge in [-0.25, -0.2) is 0 Å². The lowest BCUT2D eigenvalue weighted by atomic mass is 9.98. The summed E-state index contributed by atoms with van der Waals surface area (Å²) >= 11 is 11.3. The fraction of sp³-hybridized carbons (Fsp3) is 0.176. The Morgan fingerprint density at radius 3 is 2.73 bits per heavy atom. The SMILES string of the molecule is CC(=O)C1=C(C)NC(=S)N[C@H]1c1ccc(-c2cc([N+](=O)[O-])ccc2Cl)o1. The zero-order valence-electron chi connectivity index (χ0n) is 13.8. The summed E-state index contributed by atoms with van der Waals surface area (Å²) in [6.45, 7) is 3.23. The number of nitrogens with one attached hydrogen (secondary N) is 2. The Bertz CT molecular complexity index is 967. The predicted octanol–water partition coefficient (Wildman–Crippen LogP) is 3.89. The van der Waals surface area contributed by atoms with Crippen molar-refractivity contribution in [3.8, 4) is 11.3 Å². The minimum absolute atomic E-state index is 0.0938. The summed E-state index contributed by atoms with van der Waals surface area (Å²) < 4.78 is 5.86. The molecule has 0 radical (unpaired) electrons. The van der Waals surface area contributed by atoms with Gasteiger partial charge in [-0.3, -0.25) is 14.9 Å². The Hall–Kier alpha value is -2.71. The minimum Gasteiger partial charge on any atom is -0.458 e. The standard InChI is InChI=1S/C17H14ClN3O4S/c1-8-15(9(2)22)16(20-17(26)19-8)14-6-5-13(25-14)11-7-10(21(23)24)3-4-12(11)18/h3-7,16H,1-2H3,(H2,19,20,26)/t16-/m0/s1. The van der Waals surface area contributed by atoms with Crippen molar-refractivity contribution in [2.75, 3.05) is 0 Å². The molecule has 0 fully saturated rings. The van der Waals surface area contributed by atoms with Crippen molar-refractivity contribution < 1.29 is 14.1 Å². The van der Waals surface area contributed by atoms with E-state index < -0.39 is 11.0 Å². The normalized spacial score (nSPS) is 16.9. The number of nitro benzene ring substituents is 1. The number of furan rings is 1. The maximum absolute atomic E-state index is 12.0. The summed E-state index contributed by atoms with van der Waals surface area (Å²) in [7, 11) is 0. The average molecular weight is 392 g/mol. The first-order valence-electron chi connectivity index (χ1n) is 7.61. The lowest BCUT2D eigenvalue weighted by molar-refractivity contribution is -0.384. The molecule has 0 bridgehead atoms. The second-order valence-corrected chi connectivity index (χ2v) is 6.57. The van der Waals surface area contributed by atoms with Gasteiger partial charge in [0.05, 0.1) is 9.95 Å². The van der Waals surface area contributed by atoms with Gasteiger partial charge in [0.2, 0.25) is 0 Å². The van der Waals surface area contributed by atoms with Crippen LogP contribution in [0.15, 0.2) is 46.0 Å². The largest absolute Gasteiger partial charge is 0.458 e. The van der Waals surface area contributed by atoms with E-state index in [1.807, 2.05) is 0 Å². The first-order chi connectivity index (χ1) is 12.3. The highest BCUT2D eigenvalue weighted by Crippen LogP contribution is 2.36. The van der Waals surface area contributed by atoms with Crippen LogP contribution in [-0.4, -0.2) is 15.8 Å². The molecule has 26 heavy (non-hydrogen) atoms. The number of allylic oxidation sites excluding steroid dienone is 1. The van der Waals surface area contributed by atoms with E-state index in [0.717, 1.165) is 0 Å². The Kier molecular flexibility index (Phi) is 4.80. The molecule has 2 aromatic rings. The molecular formula is C17H14ClN3O4S.